The van der Waals surface area contributed by atoms with Crippen LogP contribution in [-0.4, -0.2) is 41.3 Å². The number of rotatable bonds is 6. The predicted molar refractivity (Wildman–Crippen MR) is 70.2 cm³/mol. The minimum absolute atomic E-state index is 0.739. The summed E-state index contributed by atoms with van der Waals surface area (Å²) < 4.78 is 5.58. The van der Waals surface area contributed by atoms with E-state index >= 15 is 0 Å². The molecule has 1 aromatic heterocycles. The van der Waals surface area contributed by atoms with Crippen molar-refractivity contribution < 1.29 is 4.42 Å². The van der Waals surface area contributed by atoms with Crippen LogP contribution in [0.5, 0.6) is 0 Å². The van der Waals surface area contributed by atoms with Crippen LogP contribution in [-0.2, 0) is 13.0 Å². The summed E-state index contributed by atoms with van der Waals surface area (Å²) >= 11 is 0. The molecule has 0 spiro atoms. The van der Waals surface area contributed by atoms with Crippen LogP contribution in [0.3, 0.4) is 0 Å². The maximum Gasteiger partial charge on any atom is 0.230 e. The van der Waals surface area contributed by atoms with Gasteiger partial charge in [0.15, 0.2) is 0 Å². The molecule has 2 heterocycles. The topological polar surface area (TPSA) is 54.2 Å². The molecule has 5 nitrogen and oxygen atoms in total. The minimum Gasteiger partial charge on any atom is -0.424 e. The van der Waals surface area contributed by atoms with Gasteiger partial charge in [-0.25, -0.2) is 0 Å². The van der Waals surface area contributed by atoms with Gasteiger partial charge in [0.05, 0.1) is 6.54 Å². The van der Waals surface area contributed by atoms with Gasteiger partial charge in [0.2, 0.25) is 11.8 Å². The highest BCUT2D eigenvalue weighted by Gasteiger charge is 2.17. The smallest absolute Gasteiger partial charge is 0.230 e. The number of piperidine rings is 1. The highest BCUT2D eigenvalue weighted by molar-refractivity contribution is 4.82. The van der Waals surface area contributed by atoms with Gasteiger partial charge in [-0.3, -0.25) is 4.90 Å². The summed E-state index contributed by atoms with van der Waals surface area (Å²) in [7, 11) is 0. The molecule has 5 heteroatoms. The number of nitrogens with one attached hydrogen (secondary N) is 1. The molecule has 18 heavy (non-hydrogen) atoms. The monoisotopic (exact) mass is 252 g/mol. The van der Waals surface area contributed by atoms with Crippen molar-refractivity contribution in [2.24, 2.45) is 5.92 Å². The summed E-state index contributed by atoms with van der Waals surface area (Å²) in [5.41, 5.74) is 0. The van der Waals surface area contributed by atoms with E-state index in [1.807, 2.05) is 6.92 Å². The second kappa shape index (κ2) is 6.85. The Bertz CT molecular complexity index is 347. The van der Waals surface area contributed by atoms with Crippen molar-refractivity contribution >= 4 is 0 Å². The second-order valence-electron chi connectivity index (χ2n) is 4.96. The molecule has 0 aliphatic carbocycles. The first-order valence-corrected chi connectivity index (χ1v) is 7.06. The molecule has 0 aromatic carbocycles. The summed E-state index contributed by atoms with van der Waals surface area (Å²) in [6, 6.07) is 0. The van der Waals surface area contributed by atoms with E-state index in [2.05, 4.69) is 27.3 Å². The van der Waals surface area contributed by atoms with Crippen molar-refractivity contribution in [3.8, 4) is 0 Å². The van der Waals surface area contributed by atoms with Gasteiger partial charge in [0, 0.05) is 13.0 Å². The fourth-order valence-corrected chi connectivity index (χ4v) is 2.42. The third-order valence-corrected chi connectivity index (χ3v) is 3.59. The van der Waals surface area contributed by atoms with Crippen molar-refractivity contribution in [2.75, 3.05) is 26.2 Å². The van der Waals surface area contributed by atoms with E-state index in [-0.39, 0.29) is 0 Å². The summed E-state index contributed by atoms with van der Waals surface area (Å²) in [5.74, 6) is 2.30. The average molecular weight is 252 g/mol. The molecule has 0 amide bonds. The highest BCUT2D eigenvalue weighted by Crippen LogP contribution is 2.15. The lowest BCUT2D eigenvalue weighted by Gasteiger charge is -2.28. The van der Waals surface area contributed by atoms with Crippen LogP contribution < -0.4 is 5.32 Å². The van der Waals surface area contributed by atoms with Crippen LogP contribution in [0.25, 0.3) is 0 Å². The average Bonchev–Trinajstić information content (AvgIpc) is 2.87. The molecule has 0 radical (unpaired) electrons. The standard InChI is InChI=1S/C13H24N4O/c1-3-12-15-16-13(18-12)10-17(4-2)9-11-5-7-14-8-6-11/h11,14H,3-10H2,1-2H3. The third kappa shape index (κ3) is 3.78. The lowest BCUT2D eigenvalue weighted by molar-refractivity contribution is 0.190. The first-order valence-electron chi connectivity index (χ1n) is 7.06. The van der Waals surface area contributed by atoms with Gasteiger partial charge in [0.25, 0.3) is 0 Å². The fourth-order valence-electron chi connectivity index (χ4n) is 2.42. The van der Waals surface area contributed by atoms with Crippen molar-refractivity contribution in [3.05, 3.63) is 11.8 Å². The number of aromatic nitrogens is 2. The maximum atomic E-state index is 5.58. The van der Waals surface area contributed by atoms with Crippen LogP contribution in [0.2, 0.25) is 0 Å². The van der Waals surface area contributed by atoms with Crippen molar-refractivity contribution in [1.82, 2.24) is 20.4 Å². The first kappa shape index (κ1) is 13.5. The molecule has 1 aromatic rings. The Morgan fingerprint density at radius 3 is 2.56 bits per heavy atom. The van der Waals surface area contributed by atoms with E-state index in [4.69, 9.17) is 4.42 Å². The molecular weight excluding hydrogens is 228 g/mol. The third-order valence-electron chi connectivity index (χ3n) is 3.59. The lowest BCUT2D eigenvalue weighted by Crippen LogP contribution is -2.36. The van der Waals surface area contributed by atoms with Crippen LogP contribution in [0.1, 0.15) is 38.5 Å². The van der Waals surface area contributed by atoms with Crippen molar-refractivity contribution in [3.63, 3.8) is 0 Å². The van der Waals surface area contributed by atoms with E-state index in [0.29, 0.717) is 0 Å². The summed E-state index contributed by atoms with van der Waals surface area (Å²) in [6.07, 6.45) is 3.37. The number of nitrogens with zero attached hydrogens (tertiary/aromatic N) is 3. The summed E-state index contributed by atoms with van der Waals surface area (Å²) in [6.45, 7) is 9.50. The normalized spacial score (nSPS) is 17.5. The Balaban J connectivity index is 1.84. The molecule has 0 atom stereocenters. The highest BCUT2D eigenvalue weighted by atomic mass is 16.4. The lowest BCUT2D eigenvalue weighted by atomic mass is 9.97. The van der Waals surface area contributed by atoms with Crippen LogP contribution in [0.4, 0.5) is 0 Å². The zero-order chi connectivity index (χ0) is 12.8. The molecule has 2 rings (SSSR count). The molecule has 0 saturated carbocycles. The van der Waals surface area contributed by atoms with E-state index in [9.17, 15) is 0 Å². The SMILES string of the molecule is CCc1nnc(CN(CC)CC2CCNCC2)o1. The quantitative estimate of drug-likeness (QED) is 0.830. The number of hydrogen-bond acceptors (Lipinski definition) is 5. The molecule has 102 valence electrons. The van der Waals surface area contributed by atoms with E-state index in [1.165, 1.54) is 12.8 Å². The number of hydrogen-bond donors (Lipinski definition) is 1. The first-order chi connectivity index (χ1) is 8.81. The van der Waals surface area contributed by atoms with Crippen LogP contribution in [0.15, 0.2) is 4.42 Å². The zero-order valence-corrected chi connectivity index (χ0v) is 11.5. The zero-order valence-electron chi connectivity index (χ0n) is 11.5. The van der Waals surface area contributed by atoms with Crippen molar-refractivity contribution in [1.29, 1.82) is 0 Å². The predicted octanol–water partition coefficient (Wildman–Crippen LogP) is 1.45. The molecule has 0 bridgehead atoms. The van der Waals surface area contributed by atoms with Gasteiger partial charge in [0.1, 0.15) is 0 Å². The molecule has 1 saturated heterocycles. The Labute approximate surface area is 109 Å². The maximum absolute atomic E-state index is 5.58. The number of aryl methyl sites for hydroxylation is 1. The Morgan fingerprint density at radius 1 is 1.22 bits per heavy atom. The second-order valence-corrected chi connectivity index (χ2v) is 4.96. The fraction of sp³-hybridized carbons (Fsp3) is 0.846. The van der Waals surface area contributed by atoms with Gasteiger partial charge in [-0.2, -0.15) is 0 Å². The molecule has 1 fully saturated rings. The van der Waals surface area contributed by atoms with E-state index in [0.717, 1.165) is 56.8 Å². The Hall–Kier alpha value is -0.940. The van der Waals surface area contributed by atoms with Gasteiger partial charge < -0.3 is 9.73 Å². The van der Waals surface area contributed by atoms with Crippen LogP contribution in [0, 0.1) is 5.92 Å². The molecule has 1 aliphatic heterocycles. The molecular formula is C13H24N4O. The van der Waals surface area contributed by atoms with Gasteiger partial charge in [-0.05, 0) is 38.4 Å². The summed E-state index contributed by atoms with van der Waals surface area (Å²) in [4.78, 5) is 2.41. The van der Waals surface area contributed by atoms with Gasteiger partial charge >= 0.3 is 0 Å². The Kier molecular flexibility index (Phi) is 5.13. The van der Waals surface area contributed by atoms with Gasteiger partial charge in [-0.1, -0.05) is 13.8 Å². The van der Waals surface area contributed by atoms with Crippen LogP contribution >= 0.6 is 0 Å². The molecule has 1 N–H and O–H groups in total. The minimum atomic E-state index is 0.739. The Morgan fingerprint density at radius 2 is 1.94 bits per heavy atom. The van der Waals surface area contributed by atoms with E-state index < -0.39 is 0 Å². The largest absolute Gasteiger partial charge is 0.424 e. The summed E-state index contributed by atoms with van der Waals surface area (Å²) in [5, 5.41) is 11.5. The molecule has 1 aliphatic rings. The van der Waals surface area contributed by atoms with E-state index in [1.54, 1.807) is 0 Å². The van der Waals surface area contributed by atoms with Gasteiger partial charge in [-0.15, -0.1) is 10.2 Å². The molecule has 0 unspecified atom stereocenters. The van der Waals surface area contributed by atoms with Crippen molar-refractivity contribution in [2.45, 2.75) is 39.7 Å².